The minimum atomic E-state index is -0.985. The predicted octanol–water partition coefficient (Wildman–Crippen LogP) is 5.69. The van der Waals surface area contributed by atoms with E-state index in [9.17, 15) is 9.59 Å². The van der Waals surface area contributed by atoms with Crippen molar-refractivity contribution in [1.82, 2.24) is 19.9 Å². The second-order valence-corrected chi connectivity index (χ2v) is 8.22. The molecule has 6 rings (SSSR count). The number of aromatic carboxylic acids is 1. The number of nitrogens with zero attached hydrogens (tertiary/aromatic N) is 2. The molecule has 0 fully saturated rings. The van der Waals surface area contributed by atoms with E-state index in [1.165, 1.54) is 12.1 Å². The van der Waals surface area contributed by atoms with Crippen LogP contribution in [0.2, 0.25) is 0 Å². The van der Waals surface area contributed by atoms with Crippen LogP contribution in [0.1, 0.15) is 20.7 Å². The Balaban J connectivity index is 1.23. The summed E-state index contributed by atoms with van der Waals surface area (Å²) in [5.74, 6) is 0.217. The summed E-state index contributed by atoms with van der Waals surface area (Å²) in [6.07, 6.45) is 0. The number of rotatable bonds is 5. The van der Waals surface area contributed by atoms with Gasteiger partial charge in [0, 0.05) is 17.2 Å². The molecule has 3 N–H and O–H groups in total. The van der Waals surface area contributed by atoms with E-state index in [2.05, 4.69) is 19.9 Å². The van der Waals surface area contributed by atoms with Gasteiger partial charge in [-0.05, 0) is 42.5 Å². The average Bonchev–Trinajstić information content (AvgIpc) is 3.53. The molecule has 2 aromatic heterocycles. The second kappa shape index (κ2) is 8.52. The molecule has 2 heterocycles. The van der Waals surface area contributed by atoms with Gasteiger partial charge >= 0.3 is 11.9 Å². The van der Waals surface area contributed by atoms with Crippen LogP contribution in [0.3, 0.4) is 0 Å². The molecule has 0 aliphatic heterocycles. The fraction of sp³-hybridized carbons (Fsp3) is 0. The van der Waals surface area contributed by atoms with Gasteiger partial charge in [-0.1, -0.05) is 42.5 Å². The molecular weight excluding hydrogens is 456 g/mol. The molecule has 0 aliphatic rings. The lowest BCUT2D eigenvalue weighted by atomic mass is 10.1. The maximum Gasteiger partial charge on any atom is 0.343 e. The van der Waals surface area contributed by atoms with Crippen LogP contribution < -0.4 is 4.74 Å². The van der Waals surface area contributed by atoms with Crippen LogP contribution in [-0.2, 0) is 0 Å². The van der Waals surface area contributed by atoms with Crippen LogP contribution in [-0.4, -0.2) is 37.0 Å². The number of carboxylic acids is 1. The number of carbonyl (C=O) groups is 2. The third kappa shape index (κ3) is 3.97. The molecule has 6 aromatic rings. The van der Waals surface area contributed by atoms with Crippen LogP contribution in [0.5, 0.6) is 5.75 Å². The van der Waals surface area contributed by atoms with Gasteiger partial charge in [-0.15, -0.1) is 0 Å². The molecule has 0 amide bonds. The highest BCUT2D eigenvalue weighted by Gasteiger charge is 2.14. The number of hydrogen-bond donors (Lipinski definition) is 3. The zero-order valence-corrected chi connectivity index (χ0v) is 18.7. The molecule has 36 heavy (non-hydrogen) atoms. The number of esters is 1. The Morgan fingerprint density at radius 2 is 1.25 bits per heavy atom. The SMILES string of the molecule is O=C(O)c1ccc(-c2nc3ccc(OC(=O)c4ccc5nc(-c6ccccc6)[nH]c5c4)cc3[nH]2)cc1. The molecule has 8 heteroatoms. The van der Waals surface area contributed by atoms with Gasteiger partial charge in [0.1, 0.15) is 17.4 Å². The number of H-pyrrole nitrogens is 2. The number of carboxylic acid groups (broad SMARTS) is 1. The Morgan fingerprint density at radius 1 is 0.667 bits per heavy atom. The highest BCUT2D eigenvalue weighted by molar-refractivity contribution is 5.96. The number of carbonyl (C=O) groups excluding carboxylic acids is 1. The molecule has 4 aromatic carbocycles. The number of imidazole rings is 2. The standard InChI is InChI=1S/C28H18N4O4/c33-27(34)18-8-6-17(7-9-18)26-30-22-13-11-20(15-24(22)32-26)36-28(35)19-10-12-21-23(14-19)31-25(29-21)16-4-2-1-3-5-16/h1-15H,(H,29,31)(H,30,32)(H,33,34). The van der Waals surface area contributed by atoms with Crippen molar-refractivity contribution in [3.8, 4) is 28.5 Å². The van der Waals surface area contributed by atoms with Crippen molar-refractivity contribution in [2.45, 2.75) is 0 Å². The maximum atomic E-state index is 12.9. The van der Waals surface area contributed by atoms with Crippen LogP contribution >= 0.6 is 0 Å². The topological polar surface area (TPSA) is 121 Å². The van der Waals surface area contributed by atoms with E-state index in [0.29, 0.717) is 28.2 Å². The summed E-state index contributed by atoms with van der Waals surface area (Å²) in [5, 5.41) is 9.08. The first-order valence-corrected chi connectivity index (χ1v) is 11.1. The Kier molecular flexibility index (Phi) is 5.04. The van der Waals surface area contributed by atoms with Crippen LogP contribution in [0.4, 0.5) is 0 Å². The van der Waals surface area contributed by atoms with Crippen molar-refractivity contribution in [2.75, 3.05) is 0 Å². The van der Waals surface area contributed by atoms with Crippen LogP contribution in [0.15, 0.2) is 91.0 Å². The maximum absolute atomic E-state index is 12.9. The molecule has 0 bridgehead atoms. The van der Waals surface area contributed by atoms with Crippen molar-refractivity contribution in [3.63, 3.8) is 0 Å². The number of aromatic amines is 2. The van der Waals surface area contributed by atoms with Gasteiger partial charge < -0.3 is 19.8 Å². The van der Waals surface area contributed by atoms with Gasteiger partial charge in [-0.25, -0.2) is 19.6 Å². The Hall–Kier alpha value is -5.24. The Morgan fingerprint density at radius 3 is 1.92 bits per heavy atom. The smallest absolute Gasteiger partial charge is 0.343 e. The zero-order valence-electron chi connectivity index (χ0n) is 18.7. The quantitative estimate of drug-likeness (QED) is 0.218. The number of aromatic nitrogens is 4. The summed E-state index contributed by atoms with van der Waals surface area (Å²) in [4.78, 5) is 39.5. The van der Waals surface area contributed by atoms with Crippen LogP contribution in [0.25, 0.3) is 44.8 Å². The van der Waals surface area contributed by atoms with Gasteiger partial charge in [-0.3, -0.25) is 0 Å². The molecule has 0 spiro atoms. The molecule has 0 saturated carbocycles. The first-order chi connectivity index (χ1) is 17.5. The molecule has 0 unspecified atom stereocenters. The first kappa shape index (κ1) is 21.3. The Labute approximate surface area is 204 Å². The molecule has 8 nitrogen and oxygen atoms in total. The van der Waals surface area contributed by atoms with E-state index in [0.717, 1.165) is 28.0 Å². The predicted molar refractivity (Wildman–Crippen MR) is 135 cm³/mol. The van der Waals surface area contributed by atoms with Crippen molar-refractivity contribution in [1.29, 1.82) is 0 Å². The van der Waals surface area contributed by atoms with Crippen LogP contribution in [0, 0.1) is 0 Å². The van der Waals surface area contributed by atoms with Gasteiger partial charge in [-0.2, -0.15) is 0 Å². The molecular formula is C28H18N4O4. The number of hydrogen-bond acceptors (Lipinski definition) is 5. The molecule has 0 radical (unpaired) electrons. The third-order valence-corrected chi connectivity index (χ3v) is 5.83. The van der Waals surface area contributed by atoms with E-state index in [-0.39, 0.29) is 5.56 Å². The molecule has 0 aliphatic carbocycles. The van der Waals surface area contributed by atoms with Crippen molar-refractivity contribution in [3.05, 3.63) is 102 Å². The minimum Gasteiger partial charge on any atom is -0.478 e. The lowest BCUT2D eigenvalue weighted by molar-refractivity contribution is 0.0694. The van der Waals surface area contributed by atoms with Crippen molar-refractivity contribution < 1.29 is 19.4 Å². The van der Waals surface area contributed by atoms with E-state index >= 15 is 0 Å². The summed E-state index contributed by atoms with van der Waals surface area (Å²) in [7, 11) is 0. The lowest BCUT2D eigenvalue weighted by Crippen LogP contribution is -2.08. The van der Waals surface area contributed by atoms with E-state index in [4.69, 9.17) is 9.84 Å². The largest absolute Gasteiger partial charge is 0.478 e. The van der Waals surface area contributed by atoms with E-state index in [1.807, 2.05) is 30.3 Å². The zero-order chi connectivity index (χ0) is 24.6. The summed E-state index contributed by atoms with van der Waals surface area (Å²) >= 11 is 0. The summed E-state index contributed by atoms with van der Waals surface area (Å²) in [6.45, 7) is 0. The normalized spacial score (nSPS) is 11.1. The second-order valence-electron chi connectivity index (χ2n) is 8.22. The lowest BCUT2D eigenvalue weighted by Gasteiger charge is -2.04. The monoisotopic (exact) mass is 474 g/mol. The van der Waals surface area contributed by atoms with Gasteiger partial charge in [0.15, 0.2) is 0 Å². The Bertz CT molecular complexity index is 1750. The number of benzene rings is 4. The van der Waals surface area contributed by atoms with Gasteiger partial charge in [0.05, 0.1) is 33.2 Å². The molecule has 174 valence electrons. The van der Waals surface area contributed by atoms with E-state index < -0.39 is 11.9 Å². The highest BCUT2D eigenvalue weighted by atomic mass is 16.5. The number of nitrogens with one attached hydrogen (secondary N) is 2. The van der Waals surface area contributed by atoms with Crippen molar-refractivity contribution >= 4 is 34.0 Å². The fourth-order valence-corrected chi connectivity index (χ4v) is 3.99. The fourth-order valence-electron chi connectivity index (χ4n) is 3.99. The first-order valence-electron chi connectivity index (χ1n) is 11.1. The van der Waals surface area contributed by atoms with Gasteiger partial charge in [0.2, 0.25) is 0 Å². The van der Waals surface area contributed by atoms with Gasteiger partial charge in [0.25, 0.3) is 0 Å². The number of fused-ring (bicyclic) bond motifs is 2. The third-order valence-electron chi connectivity index (χ3n) is 5.83. The summed E-state index contributed by atoms with van der Waals surface area (Å²) < 4.78 is 5.62. The van der Waals surface area contributed by atoms with Crippen molar-refractivity contribution in [2.24, 2.45) is 0 Å². The summed E-state index contributed by atoms with van der Waals surface area (Å²) in [6, 6.07) is 26.5. The minimum absolute atomic E-state index is 0.202. The molecule has 0 saturated heterocycles. The average molecular weight is 474 g/mol. The number of ether oxygens (including phenoxy) is 1. The highest BCUT2D eigenvalue weighted by Crippen LogP contribution is 2.26. The molecule has 0 atom stereocenters. The summed E-state index contributed by atoms with van der Waals surface area (Å²) in [5.41, 5.74) is 5.19. The van der Waals surface area contributed by atoms with E-state index in [1.54, 1.807) is 48.5 Å².